The third-order valence-electron chi connectivity index (χ3n) is 9.51. The van der Waals surface area contributed by atoms with Gasteiger partial charge in [-0.15, -0.1) is 0 Å². The second kappa shape index (κ2) is 13.4. The van der Waals surface area contributed by atoms with E-state index in [1.807, 2.05) is 91.0 Å². The molecule has 1 aliphatic rings. The van der Waals surface area contributed by atoms with Crippen molar-refractivity contribution in [1.82, 2.24) is 15.0 Å². The van der Waals surface area contributed by atoms with E-state index in [0.717, 1.165) is 78.1 Å². The van der Waals surface area contributed by atoms with Gasteiger partial charge in [-0.05, 0) is 69.3 Å². The first-order chi connectivity index (χ1) is 25.7. The van der Waals surface area contributed by atoms with Crippen LogP contribution >= 0.6 is 0 Å². The van der Waals surface area contributed by atoms with Crippen LogP contribution in [0.5, 0.6) is 0 Å². The number of fused-ring (bicyclic) bond motifs is 4. The predicted octanol–water partition coefficient (Wildman–Crippen LogP) is 12.6. The molecule has 2 aromatic heterocycles. The first kappa shape index (κ1) is 31.1. The zero-order chi connectivity index (χ0) is 34.9. The number of benzene rings is 6. The molecular formula is C48H33N3O. The molecule has 1 aliphatic carbocycles. The topological polar surface area (TPSA) is 51.8 Å². The molecule has 6 aromatic carbocycles. The highest BCUT2D eigenvalue weighted by Gasteiger charge is 2.20. The lowest BCUT2D eigenvalue weighted by atomic mass is 9.89. The minimum absolute atomic E-state index is 0.629. The molecule has 0 atom stereocenters. The van der Waals surface area contributed by atoms with Gasteiger partial charge in [0.2, 0.25) is 0 Å². The molecule has 2 heterocycles. The Morgan fingerprint density at radius 1 is 0.481 bits per heavy atom. The van der Waals surface area contributed by atoms with E-state index in [2.05, 4.69) is 91.5 Å². The van der Waals surface area contributed by atoms with Crippen LogP contribution in [0.4, 0.5) is 0 Å². The van der Waals surface area contributed by atoms with Crippen LogP contribution in [-0.4, -0.2) is 15.0 Å². The molecule has 0 spiro atoms. The predicted molar refractivity (Wildman–Crippen MR) is 216 cm³/mol. The van der Waals surface area contributed by atoms with Crippen molar-refractivity contribution >= 4 is 38.3 Å². The molecule has 0 bridgehead atoms. The molecule has 0 amide bonds. The van der Waals surface area contributed by atoms with E-state index in [0.29, 0.717) is 17.5 Å². The smallest absolute Gasteiger partial charge is 0.164 e. The number of para-hydroxylation sites is 1. The molecule has 4 heteroatoms. The summed E-state index contributed by atoms with van der Waals surface area (Å²) >= 11 is 0. The lowest BCUT2D eigenvalue weighted by molar-refractivity contribution is 0.669. The van der Waals surface area contributed by atoms with Gasteiger partial charge in [-0.1, -0.05) is 158 Å². The third-order valence-corrected chi connectivity index (χ3v) is 9.51. The molecule has 4 nitrogen and oxygen atoms in total. The van der Waals surface area contributed by atoms with Crippen molar-refractivity contribution in [3.05, 3.63) is 194 Å². The van der Waals surface area contributed by atoms with Crippen LogP contribution < -0.4 is 0 Å². The molecule has 0 saturated heterocycles. The summed E-state index contributed by atoms with van der Waals surface area (Å²) in [6.45, 7) is 4.14. The highest BCUT2D eigenvalue weighted by atomic mass is 16.3. The SMILES string of the molecule is C=C1/C=C\C=C/C/C(c2cc(-c3ccc(-c4nc(-c5ccccc5)nc(-c5ccccc5)n4)c4ccccc34)c3c(c2)oc2ccccc23)=C\C=C/1. The third kappa shape index (κ3) is 5.86. The zero-order valence-electron chi connectivity index (χ0n) is 28.4. The number of rotatable bonds is 5. The summed E-state index contributed by atoms with van der Waals surface area (Å²) in [7, 11) is 0. The van der Waals surface area contributed by atoms with E-state index in [1.165, 1.54) is 5.57 Å². The van der Waals surface area contributed by atoms with Crippen LogP contribution in [-0.2, 0) is 0 Å². The van der Waals surface area contributed by atoms with Crippen LogP contribution in [0.3, 0.4) is 0 Å². The zero-order valence-corrected chi connectivity index (χ0v) is 28.4. The maximum absolute atomic E-state index is 6.56. The van der Waals surface area contributed by atoms with E-state index < -0.39 is 0 Å². The van der Waals surface area contributed by atoms with Gasteiger partial charge < -0.3 is 4.42 Å². The number of nitrogens with zero attached hydrogens (tertiary/aromatic N) is 3. The van der Waals surface area contributed by atoms with Gasteiger partial charge in [0, 0.05) is 27.5 Å². The lowest BCUT2D eigenvalue weighted by Gasteiger charge is -2.15. The number of hydrogen-bond acceptors (Lipinski definition) is 4. The highest BCUT2D eigenvalue weighted by molar-refractivity contribution is 6.17. The van der Waals surface area contributed by atoms with Crippen LogP contribution in [0, 0.1) is 0 Å². The Kier molecular flexibility index (Phi) is 8.03. The molecule has 9 rings (SSSR count). The van der Waals surface area contributed by atoms with Crippen LogP contribution in [0.2, 0.25) is 0 Å². The molecule has 0 N–H and O–H groups in total. The minimum atomic E-state index is 0.629. The van der Waals surface area contributed by atoms with E-state index in [9.17, 15) is 0 Å². The molecule has 0 fully saturated rings. The summed E-state index contributed by atoms with van der Waals surface area (Å²) in [6.07, 6.45) is 15.4. The molecule has 246 valence electrons. The van der Waals surface area contributed by atoms with E-state index in [4.69, 9.17) is 19.4 Å². The summed E-state index contributed by atoms with van der Waals surface area (Å²) in [4.78, 5) is 15.1. The van der Waals surface area contributed by atoms with Gasteiger partial charge in [0.25, 0.3) is 0 Å². The molecule has 0 saturated carbocycles. The largest absolute Gasteiger partial charge is 0.456 e. The molecule has 52 heavy (non-hydrogen) atoms. The maximum Gasteiger partial charge on any atom is 0.164 e. The van der Waals surface area contributed by atoms with Gasteiger partial charge in [-0.3, -0.25) is 0 Å². The van der Waals surface area contributed by atoms with E-state index >= 15 is 0 Å². The van der Waals surface area contributed by atoms with Crippen molar-refractivity contribution in [2.45, 2.75) is 6.42 Å². The molecule has 0 radical (unpaired) electrons. The standard InChI is InChI=1S/C48H33N3O/c1-32-16-5-2-6-18-33(23-15-17-32)36-30-42(45-41-26-13-14-27-43(41)52-44(45)31-36)39-28-29-40(38-25-12-11-24-37(38)39)48-50-46(34-19-7-3-8-20-34)49-47(51-48)35-21-9-4-10-22-35/h2-17,19-31H,1,18H2/b6-2-,16-5-,17-15-,33-23+. The van der Waals surface area contributed by atoms with Gasteiger partial charge >= 0.3 is 0 Å². The quantitative estimate of drug-likeness (QED) is 0.183. The molecular weight excluding hydrogens is 635 g/mol. The van der Waals surface area contributed by atoms with Crippen molar-refractivity contribution in [2.75, 3.05) is 0 Å². The van der Waals surface area contributed by atoms with Crippen LogP contribution in [0.15, 0.2) is 193 Å². The van der Waals surface area contributed by atoms with Crippen LogP contribution in [0.25, 0.3) is 83.6 Å². The van der Waals surface area contributed by atoms with Gasteiger partial charge in [0.05, 0.1) is 0 Å². The second-order valence-corrected chi connectivity index (χ2v) is 12.9. The Bertz CT molecular complexity index is 2710. The fourth-order valence-corrected chi connectivity index (χ4v) is 6.99. The first-order valence-corrected chi connectivity index (χ1v) is 17.4. The summed E-state index contributed by atoms with van der Waals surface area (Å²) < 4.78 is 6.56. The summed E-state index contributed by atoms with van der Waals surface area (Å²) in [5.74, 6) is 1.90. The van der Waals surface area contributed by atoms with Crippen molar-refractivity contribution < 1.29 is 4.42 Å². The molecule has 0 aliphatic heterocycles. The van der Waals surface area contributed by atoms with E-state index in [-0.39, 0.29) is 0 Å². The van der Waals surface area contributed by atoms with Gasteiger partial charge in [0.1, 0.15) is 11.2 Å². The number of allylic oxidation sites excluding steroid dienone is 9. The average molecular weight is 668 g/mol. The Balaban J connectivity index is 1.27. The Morgan fingerprint density at radius 3 is 1.81 bits per heavy atom. The highest BCUT2D eigenvalue weighted by Crippen LogP contribution is 2.43. The maximum atomic E-state index is 6.56. The Hall–Kier alpha value is -6.91. The van der Waals surface area contributed by atoms with Crippen molar-refractivity contribution in [3.8, 4) is 45.3 Å². The number of aromatic nitrogens is 3. The fourth-order valence-electron chi connectivity index (χ4n) is 6.99. The molecule has 0 unspecified atom stereocenters. The number of furan rings is 1. The number of hydrogen-bond donors (Lipinski definition) is 0. The van der Waals surface area contributed by atoms with Crippen molar-refractivity contribution in [1.29, 1.82) is 0 Å². The van der Waals surface area contributed by atoms with Gasteiger partial charge in [-0.25, -0.2) is 15.0 Å². The monoisotopic (exact) mass is 667 g/mol. The van der Waals surface area contributed by atoms with Crippen molar-refractivity contribution in [3.63, 3.8) is 0 Å². The Labute approximate surface area is 302 Å². The molecule has 8 aromatic rings. The van der Waals surface area contributed by atoms with E-state index in [1.54, 1.807) is 0 Å². The fraction of sp³-hybridized carbons (Fsp3) is 0.0208. The second-order valence-electron chi connectivity index (χ2n) is 12.9. The normalized spacial score (nSPS) is 16.1. The first-order valence-electron chi connectivity index (χ1n) is 17.4. The van der Waals surface area contributed by atoms with Gasteiger partial charge in [-0.2, -0.15) is 0 Å². The lowest BCUT2D eigenvalue weighted by Crippen LogP contribution is -2.00. The van der Waals surface area contributed by atoms with Crippen LogP contribution in [0.1, 0.15) is 12.0 Å². The summed E-state index contributed by atoms with van der Waals surface area (Å²) in [5, 5.41) is 4.35. The summed E-state index contributed by atoms with van der Waals surface area (Å²) in [5.41, 5.74) is 10.0. The van der Waals surface area contributed by atoms with Crippen molar-refractivity contribution in [2.24, 2.45) is 0 Å². The Morgan fingerprint density at radius 2 is 1.08 bits per heavy atom. The summed E-state index contributed by atoms with van der Waals surface area (Å²) in [6, 6.07) is 45.9. The average Bonchev–Trinajstić information content (AvgIpc) is 3.59. The van der Waals surface area contributed by atoms with Gasteiger partial charge in [0.15, 0.2) is 17.5 Å². The minimum Gasteiger partial charge on any atom is -0.456 e.